The maximum atomic E-state index is 11.4. The molecular formula is C21H21ClN2O3. The molecule has 27 heavy (non-hydrogen) atoms. The molecule has 5 nitrogen and oxygen atoms in total. The number of fused-ring (bicyclic) bond motifs is 1. The molecule has 0 amide bonds. The highest BCUT2D eigenvalue weighted by Crippen LogP contribution is 2.25. The van der Waals surface area contributed by atoms with Crippen LogP contribution in [0.4, 0.5) is 5.69 Å². The zero-order valence-electron chi connectivity index (χ0n) is 14.9. The second-order valence-electron chi connectivity index (χ2n) is 6.82. The van der Waals surface area contributed by atoms with Crippen molar-refractivity contribution in [2.24, 2.45) is 0 Å². The number of rotatable bonds is 4. The summed E-state index contributed by atoms with van der Waals surface area (Å²) in [6, 6.07) is 15.1. The molecule has 0 atom stereocenters. The van der Waals surface area contributed by atoms with Gasteiger partial charge in [0.1, 0.15) is 5.58 Å². The van der Waals surface area contributed by atoms with Crippen molar-refractivity contribution in [3.8, 4) is 0 Å². The highest BCUT2D eigenvalue weighted by atomic mass is 35.5. The lowest BCUT2D eigenvalue weighted by atomic mass is 10.1. The molecule has 1 saturated heterocycles. The number of benzene rings is 2. The average Bonchev–Trinajstić information content (AvgIpc) is 2.68. The number of hydrogen-bond acceptors (Lipinski definition) is 5. The van der Waals surface area contributed by atoms with Crippen LogP contribution < -0.4 is 10.5 Å². The second-order valence-corrected chi connectivity index (χ2v) is 7.23. The zero-order valence-corrected chi connectivity index (χ0v) is 15.7. The maximum Gasteiger partial charge on any atom is 0.336 e. The highest BCUT2D eigenvalue weighted by Gasteiger charge is 2.18. The van der Waals surface area contributed by atoms with Crippen LogP contribution in [-0.2, 0) is 13.2 Å². The molecule has 0 bridgehead atoms. The molecule has 0 aliphatic carbocycles. The molecule has 140 valence electrons. The smallest absolute Gasteiger partial charge is 0.336 e. The van der Waals surface area contributed by atoms with Gasteiger partial charge in [0.15, 0.2) is 0 Å². The van der Waals surface area contributed by atoms with Gasteiger partial charge in [-0.2, -0.15) is 0 Å². The summed E-state index contributed by atoms with van der Waals surface area (Å²) < 4.78 is 5.28. The Kier molecular flexibility index (Phi) is 5.16. The third-order valence-corrected chi connectivity index (χ3v) is 5.39. The van der Waals surface area contributed by atoms with Gasteiger partial charge in [-0.1, -0.05) is 29.8 Å². The van der Waals surface area contributed by atoms with E-state index in [1.807, 2.05) is 30.3 Å². The Morgan fingerprint density at radius 3 is 2.52 bits per heavy atom. The summed E-state index contributed by atoms with van der Waals surface area (Å²) in [5, 5.41) is 10.8. The first-order valence-corrected chi connectivity index (χ1v) is 9.39. The second kappa shape index (κ2) is 7.72. The van der Waals surface area contributed by atoms with Crippen LogP contribution in [0.3, 0.4) is 0 Å². The molecule has 3 aromatic rings. The molecule has 1 aliphatic rings. The van der Waals surface area contributed by atoms with Crippen molar-refractivity contribution in [2.75, 3.05) is 31.1 Å². The van der Waals surface area contributed by atoms with E-state index in [0.29, 0.717) is 10.6 Å². The quantitative estimate of drug-likeness (QED) is 0.700. The van der Waals surface area contributed by atoms with Gasteiger partial charge < -0.3 is 14.4 Å². The number of piperazine rings is 1. The summed E-state index contributed by atoms with van der Waals surface area (Å²) in [7, 11) is 0. The molecule has 2 heterocycles. The predicted octanol–water partition coefficient (Wildman–Crippen LogP) is 3.26. The van der Waals surface area contributed by atoms with Crippen molar-refractivity contribution in [2.45, 2.75) is 13.2 Å². The molecule has 1 aliphatic heterocycles. The van der Waals surface area contributed by atoms with Crippen molar-refractivity contribution in [1.82, 2.24) is 4.90 Å². The van der Waals surface area contributed by atoms with Gasteiger partial charge in [0.25, 0.3) is 0 Å². The van der Waals surface area contributed by atoms with Gasteiger partial charge in [-0.05, 0) is 35.4 Å². The number of anilines is 1. The summed E-state index contributed by atoms with van der Waals surface area (Å²) >= 11 is 6.22. The lowest BCUT2D eigenvalue weighted by molar-refractivity contribution is 0.250. The number of aliphatic hydroxyl groups is 1. The minimum Gasteiger partial charge on any atom is -0.423 e. The fraction of sp³-hybridized carbons (Fsp3) is 0.286. The van der Waals surface area contributed by atoms with Gasteiger partial charge in [-0.3, -0.25) is 4.90 Å². The van der Waals surface area contributed by atoms with Crippen molar-refractivity contribution in [1.29, 1.82) is 0 Å². The van der Waals surface area contributed by atoms with Crippen LogP contribution in [-0.4, -0.2) is 36.2 Å². The third-order valence-electron chi connectivity index (χ3n) is 5.04. The largest absolute Gasteiger partial charge is 0.423 e. The van der Waals surface area contributed by atoms with Gasteiger partial charge in [0.05, 0.1) is 6.61 Å². The molecule has 0 unspecified atom stereocenters. The Morgan fingerprint density at radius 2 is 1.78 bits per heavy atom. The van der Waals surface area contributed by atoms with Gasteiger partial charge in [0, 0.05) is 54.9 Å². The monoisotopic (exact) mass is 384 g/mol. The van der Waals surface area contributed by atoms with Crippen LogP contribution >= 0.6 is 11.6 Å². The van der Waals surface area contributed by atoms with Crippen LogP contribution in [0.25, 0.3) is 11.0 Å². The van der Waals surface area contributed by atoms with E-state index in [1.165, 1.54) is 6.07 Å². The summed E-state index contributed by atoms with van der Waals surface area (Å²) in [6.45, 7) is 4.49. The molecule has 4 rings (SSSR count). The number of nitrogens with zero attached hydrogens (tertiary/aromatic N) is 2. The average molecular weight is 385 g/mol. The first-order valence-electron chi connectivity index (χ1n) is 9.02. The first-order chi connectivity index (χ1) is 13.1. The summed E-state index contributed by atoms with van der Waals surface area (Å²) in [5.41, 5.74) is 3.29. The van der Waals surface area contributed by atoms with E-state index in [-0.39, 0.29) is 12.2 Å². The van der Waals surface area contributed by atoms with Crippen LogP contribution in [0, 0.1) is 0 Å². The van der Waals surface area contributed by atoms with E-state index >= 15 is 0 Å². The van der Waals surface area contributed by atoms with E-state index in [0.717, 1.165) is 54.9 Å². The fourth-order valence-corrected chi connectivity index (χ4v) is 3.72. The Morgan fingerprint density at radius 1 is 1.00 bits per heavy atom. The van der Waals surface area contributed by atoms with Crippen LogP contribution in [0.1, 0.15) is 11.1 Å². The van der Waals surface area contributed by atoms with E-state index < -0.39 is 0 Å². The number of aliphatic hydroxyl groups excluding tert-OH is 1. The first kappa shape index (κ1) is 18.0. The fourth-order valence-electron chi connectivity index (χ4n) is 3.49. The molecule has 1 aromatic heterocycles. The van der Waals surface area contributed by atoms with Gasteiger partial charge in [0.2, 0.25) is 0 Å². The molecule has 6 heteroatoms. The van der Waals surface area contributed by atoms with Crippen LogP contribution in [0.5, 0.6) is 0 Å². The van der Waals surface area contributed by atoms with E-state index in [2.05, 4.69) is 15.9 Å². The molecule has 0 saturated carbocycles. The third kappa shape index (κ3) is 4.00. The summed E-state index contributed by atoms with van der Waals surface area (Å²) in [5.74, 6) is 0. The SMILES string of the molecule is O=c1ccc2ccc(CN3CCN(c4ccc(CO)c(Cl)c4)CC3)cc2o1. The number of hydrogen-bond donors (Lipinski definition) is 1. The number of halogens is 1. The molecular weight excluding hydrogens is 364 g/mol. The van der Waals surface area contributed by atoms with E-state index in [9.17, 15) is 9.90 Å². The summed E-state index contributed by atoms with van der Waals surface area (Å²) in [6.07, 6.45) is 0. The molecule has 1 N–H and O–H groups in total. The van der Waals surface area contributed by atoms with Gasteiger partial charge >= 0.3 is 5.63 Å². The zero-order chi connectivity index (χ0) is 18.8. The van der Waals surface area contributed by atoms with Crippen molar-refractivity contribution >= 4 is 28.3 Å². The summed E-state index contributed by atoms with van der Waals surface area (Å²) in [4.78, 5) is 16.1. The normalized spacial score (nSPS) is 15.4. The molecule has 2 aromatic carbocycles. The van der Waals surface area contributed by atoms with Crippen molar-refractivity contribution in [3.05, 3.63) is 75.1 Å². The Hall–Kier alpha value is -2.34. The minimum absolute atomic E-state index is 0.0429. The van der Waals surface area contributed by atoms with Crippen LogP contribution in [0.2, 0.25) is 5.02 Å². The standard InChI is InChI=1S/C21H21ClN2O3/c22-19-12-18(5-3-17(19)14-25)24-9-7-23(8-10-24)13-15-1-2-16-4-6-21(26)27-20(16)11-15/h1-6,11-12,25H,7-10,13-14H2. The predicted molar refractivity (Wildman–Crippen MR) is 107 cm³/mol. The Balaban J connectivity index is 1.41. The topological polar surface area (TPSA) is 56.9 Å². The lowest BCUT2D eigenvalue weighted by Gasteiger charge is -2.36. The minimum atomic E-state index is -0.320. The molecule has 0 radical (unpaired) electrons. The maximum absolute atomic E-state index is 11.4. The molecule has 0 spiro atoms. The van der Waals surface area contributed by atoms with Crippen LogP contribution in [0.15, 0.2) is 57.7 Å². The molecule has 1 fully saturated rings. The van der Waals surface area contributed by atoms with Gasteiger partial charge in [-0.25, -0.2) is 4.79 Å². The van der Waals surface area contributed by atoms with Crippen molar-refractivity contribution < 1.29 is 9.52 Å². The Bertz CT molecular complexity index is 1010. The Labute approximate surface area is 162 Å². The van der Waals surface area contributed by atoms with E-state index in [4.69, 9.17) is 16.0 Å². The highest BCUT2D eigenvalue weighted by molar-refractivity contribution is 6.31. The lowest BCUT2D eigenvalue weighted by Crippen LogP contribution is -2.45. The van der Waals surface area contributed by atoms with Gasteiger partial charge in [-0.15, -0.1) is 0 Å². The van der Waals surface area contributed by atoms with E-state index in [1.54, 1.807) is 6.07 Å². The van der Waals surface area contributed by atoms with Crippen molar-refractivity contribution in [3.63, 3.8) is 0 Å².